The molecule has 0 saturated heterocycles. The van der Waals surface area contributed by atoms with Crippen LogP contribution in [0.1, 0.15) is 44.2 Å². The summed E-state index contributed by atoms with van der Waals surface area (Å²) in [6, 6.07) is 5.58. The van der Waals surface area contributed by atoms with Gasteiger partial charge in [-0.3, -0.25) is 9.59 Å². The molecule has 128 valence electrons. The molecule has 1 aromatic rings. The van der Waals surface area contributed by atoms with E-state index in [2.05, 4.69) is 10.6 Å². The predicted octanol–water partition coefficient (Wildman–Crippen LogP) is 2.55. The number of aliphatic hydroxyl groups is 1. The summed E-state index contributed by atoms with van der Waals surface area (Å²) in [7, 11) is 0. The Balaban J connectivity index is 2.67. The Bertz CT molecular complexity index is 551. The smallest absolute Gasteiger partial charge is 0.313 e. The van der Waals surface area contributed by atoms with Gasteiger partial charge in [-0.1, -0.05) is 26.0 Å². The number of hydrogen-bond acceptors (Lipinski definition) is 3. The first-order valence-corrected chi connectivity index (χ1v) is 8.15. The highest BCUT2D eigenvalue weighted by Crippen LogP contribution is 2.29. The van der Waals surface area contributed by atoms with Crippen LogP contribution in [0.5, 0.6) is 0 Å². The molecule has 0 atom stereocenters. The molecule has 0 aromatic heterocycles. The Morgan fingerprint density at radius 2 is 1.78 bits per heavy atom. The van der Waals surface area contributed by atoms with Gasteiger partial charge in [-0.2, -0.15) is 0 Å². The maximum Gasteiger partial charge on any atom is 0.313 e. The van der Waals surface area contributed by atoms with Crippen molar-refractivity contribution in [3.05, 3.63) is 29.3 Å². The van der Waals surface area contributed by atoms with Crippen molar-refractivity contribution in [2.75, 3.05) is 18.5 Å². The van der Waals surface area contributed by atoms with Gasteiger partial charge >= 0.3 is 11.8 Å². The normalized spacial score (nSPS) is 11.2. The number of amides is 2. The van der Waals surface area contributed by atoms with Gasteiger partial charge in [0.25, 0.3) is 0 Å². The van der Waals surface area contributed by atoms with Gasteiger partial charge in [0.2, 0.25) is 0 Å². The summed E-state index contributed by atoms with van der Waals surface area (Å²) >= 11 is 0. The molecule has 0 unspecified atom stereocenters. The lowest BCUT2D eigenvalue weighted by atomic mass is 9.79. The second-order valence-electron chi connectivity index (χ2n) is 6.06. The minimum absolute atomic E-state index is 0.0756. The lowest BCUT2D eigenvalue weighted by molar-refractivity contribution is -0.136. The summed E-state index contributed by atoms with van der Waals surface area (Å²) in [5, 5.41) is 14.6. The SMILES string of the molecule is CCC(CC)(CCO)CNC(=O)C(=O)Nc1cccc(C)c1C. The molecule has 1 rings (SSSR count). The molecule has 23 heavy (non-hydrogen) atoms. The van der Waals surface area contributed by atoms with Crippen molar-refractivity contribution in [3.8, 4) is 0 Å². The van der Waals surface area contributed by atoms with Crippen LogP contribution in [-0.2, 0) is 9.59 Å². The van der Waals surface area contributed by atoms with E-state index >= 15 is 0 Å². The molecule has 0 heterocycles. The average molecular weight is 320 g/mol. The summed E-state index contributed by atoms with van der Waals surface area (Å²) in [6.07, 6.45) is 2.28. The molecule has 5 heteroatoms. The van der Waals surface area contributed by atoms with E-state index in [9.17, 15) is 14.7 Å². The molecule has 1 aromatic carbocycles. The Kier molecular flexibility index (Phi) is 7.23. The van der Waals surface area contributed by atoms with Crippen molar-refractivity contribution >= 4 is 17.5 Å². The quantitative estimate of drug-likeness (QED) is 0.676. The molecular weight excluding hydrogens is 292 g/mol. The summed E-state index contributed by atoms with van der Waals surface area (Å²) in [5.41, 5.74) is 2.49. The number of carbonyl (C=O) groups excluding carboxylic acids is 2. The molecule has 0 fully saturated rings. The van der Waals surface area contributed by atoms with Crippen molar-refractivity contribution in [2.45, 2.75) is 47.0 Å². The van der Waals surface area contributed by atoms with Crippen molar-refractivity contribution in [2.24, 2.45) is 5.41 Å². The monoisotopic (exact) mass is 320 g/mol. The third-order valence-corrected chi connectivity index (χ3v) is 4.83. The van der Waals surface area contributed by atoms with Crippen LogP contribution in [-0.4, -0.2) is 30.1 Å². The van der Waals surface area contributed by atoms with Crippen LogP contribution < -0.4 is 10.6 Å². The molecule has 0 saturated carbocycles. The van der Waals surface area contributed by atoms with Gasteiger partial charge in [0.05, 0.1) is 0 Å². The minimum atomic E-state index is -0.663. The van der Waals surface area contributed by atoms with Gasteiger partial charge < -0.3 is 15.7 Å². The van der Waals surface area contributed by atoms with Gasteiger partial charge in [-0.05, 0) is 55.7 Å². The number of hydrogen-bond donors (Lipinski definition) is 3. The zero-order valence-electron chi connectivity index (χ0n) is 14.5. The molecule has 5 nitrogen and oxygen atoms in total. The summed E-state index contributed by atoms with van der Waals surface area (Å²) < 4.78 is 0. The number of anilines is 1. The van der Waals surface area contributed by atoms with Crippen LogP contribution >= 0.6 is 0 Å². The first kappa shape index (κ1) is 19.2. The first-order chi connectivity index (χ1) is 10.9. The molecule has 2 amide bonds. The fraction of sp³-hybridized carbons (Fsp3) is 0.556. The van der Waals surface area contributed by atoms with E-state index < -0.39 is 11.8 Å². The number of benzene rings is 1. The highest BCUT2D eigenvalue weighted by molar-refractivity contribution is 6.39. The van der Waals surface area contributed by atoms with Crippen molar-refractivity contribution in [1.29, 1.82) is 0 Å². The van der Waals surface area contributed by atoms with Crippen LogP contribution in [0.15, 0.2) is 18.2 Å². The standard InChI is InChI=1S/C18H28N2O3/c1-5-18(6-2,10-11-21)12-19-16(22)17(23)20-15-9-7-8-13(3)14(15)4/h7-9,21H,5-6,10-12H2,1-4H3,(H,19,22)(H,20,23). The molecule has 0 spiro atoms. The highest BCUT2D eigenvalue weighted by Gasteiger charge is 2.27. The Morgan fingerprint density at radius 1 is 1.13 bits per heavy atom. The number of aliphatic hydroxyl groups excluding tert-OH is 1. The molecule has 0 aliphatic carbocycles. The zero-order valence-corrected chi connectivity index (χ0v) is 14.5. The Morgan fingerprint density at radius 3 is 2.35 bits per heavy atom. The van der Waals surface area contributed by atoms with Crippen LogP contribution in [0.25, 0.3) is 0 Å². The van der Waals surface area contributed by atoms with Gasteiger partial charge in [0.15, 0.2) is 0 Å². The van der Waals surface area contributed by atoms with E-state index in [0.29, 0.717) is 18.7 Å². The molecule has 0 bridgehead atoms. The minimum Gasteiger partial charge on any atom is -0.396 e. The predicted molar refractivity (Wildman–Crippen MR) is 92.3 cm³/mol. The van der Waals surface area contributed by atoms with Gasteiger partial charge in [0.1, 0.15) is 0 Å². The van der Waals surface area contributed by atoms with E-state index in [4.69, 9.17) is 0 Å². The van der Waals surface area contributed by atoms with E-state index in [1.807, 2.05) is 39.8 Å². The average Bonchev–Trinajstić information content (AvgIpc) is 2.55. The maximum absolute atomic E-state index is 12.1. The molecule has 0 aliphatic rings. The van der Waals surface area contributed by atoms with Gasteiger partial charge in [-0.15, -0.1) is 0 Å². The lowest BCUT2D eigenvalue weighted by Crippen LogP contribution is -2.42. The maximum atomic E-state index is 12.1. The van der Waals surface area contributed by atoms with Crippen molar-refractivity contribution in [3.63, 3.8) is 0 Å². The Hall–Kier alpha value is -1.88. The van der Waals surface area contributed by atoms with Crippen LogP contribution in [0.3, 0.4) is 0 Å². The zero-order chi connectivity index (χ0) is 17.5. The van der Waals surface area contributed by atoms with E-state index in [0.717, 1.165) is 24.0 Å². The van der Waals surface area contributed by atoms with Crippen LogP contribution in [0.2, 0.25) is 0 Å². The third-order valence-electron chi connectivity index (χ3n) is 4.83. The highest BCUT2D eigenvalue weighted by atomic mass is 16.3. The molecule has 0 aliphatic heterocycles. The molecule has 0 radical (unpaired) electrons. The van der Waals surface area contributed by atoms with E-state index in [1.165, 1.54) is 0 Å². The number of aryl methyl sites for hydroxylation is 1. The second kappa shape index (κ2) is 8.67. The van der Waals surface area contributed by atoms with Gasteiger partial charge in [0, 0.05) is 18.8 Å². The fourth-order valence-electron chi connectivity index (χ4n) is 2.59. The largest absolute Gasteiger partial charge is 0.396 e. The second-order valence-corrected chi connectivity index (χ2v) is 6.06. The van der Waals surface area contributed by atoms with Crippen LogP contribution in [0.4, 0.5) is 5.69 Å². The molecule has 3 N–H and O–H groups in total. The molecular formula is C18H28N2O3. The van der Waals surface area contributed by atoms with Crippen LogP contribution in [0, 0.1) is 19.3 Å². The third kappa shape index (κ3) is 5.06. The fourth-order valence-corrected chi connectivity index (χ4v) is 2.59. The number of rotatable bonds is 7. The summed E-state index contributed by atoms with van der Waals surface area (Å²) in [6.45, 7) is 8.38. The Labute approximate surface area is 138 Å². The number of carbonyl (C=O) groups is 2. The topological polar surface area (TPSA) is 78.4 Å². The first-order valence-electron chi connectivity index (χ1n) is 8.15. The van der Waals surface area contributed by atoms with Crippen molar-refractivity contribution < 1.29 is 14.7 Å². The van der Waals surface area contributed by atoms with E-state index in [-0.39, 0.29) is 12.0 Å². The van der Waals surface area contributed by atoms with E-state index in [1.54, 1.807) is 6.07 Å². The van der Waals surface area contributed by atoms with Crippen molar-refractivity contribution in [1.82, 2.24) is 5.32 Å². The van der Waals surface area contributed by atoms with Gasteiger partial charge in [-0.25, -0.2) is 0 Å². The summed E-state index contributed by atoms with van der Waals surface area (Å²) in [5.74, 6) is -1.31. The number of nitrogens with one attached hydrogen (secondary N) is 2. The lowest BCUT2D eigenvalue weighted by Gasteiger charge is -2.31. The summed E-state index contributed by atoms with van der Waals surface area (Å²) in [4.78, 5) is 24.1.